The van der Waals surface area contributed by atoms with Crippen molar-refractivity contribution in [2.45, 2.75) is 38.3 Å². The highest BCUT2D eigenvalue weighted by atomic mass is 16.5. The van der Waals surface area contributed by atoms with Gasteiger partial charge < -0.3 is 15.2 Å². The molecule has 0 aromatic rings. The van der Waals surface area contributed by atoms with Gasteiger partial charge in [-0.3, -0.25) is 9.59 Å². The summed E-state index contributed by atoms with van der Waals surface area (Å²) in [5.74, 6) is -1.38. The Hall–Kier alpha value is -1.10. The Kier molecular flexibility index (Phi) is 3.10. The third-order valence-electron chi connectivity index (χ3n) is 2.42. The number of nitrogens with one attached hydrogen (secondary N) is 1. The van der Waals surface area contributed by atoms with Crippen LogP contribution in [0.1, 0.15) is 26.7 Å². The lowest BCUT2D eigenvalue weighted by Gasteiger charge is -2.23. The van der Waals surface area contributed by atoms with Crippen molar-refractivity contribution in [2.24, 2.45) is 0 Å². The van der Waals surface area contributed by atoms with Crippen LogP contribution in [0.2, 0.25) is 0 Å². The van der Waals surface area contributed by atoms with Gasteiger partial charge in [0.2, 0.25) is 0 Å². The molecule has 0 aromatic heterocycles. The maximum atomic E-state index is 11.6. The molecule has 1 fully saturated rings. The fourth-order valence-corrected chi connectivity index (χ4v) is 1.37. The van der Waals surface area contributed by atoms with Crippen LogP contribution in [0.3, 0.4) is 0 Å². The molecule has 5 heteroatoms. The monoisotopic (exact) mass is 201 g/mol. The lowest BCUT2D eigenvalue weighted by Crippen LogP contribution is -2.49. The highest BCUT2D eigenvalue weighted by Gasteiger charge is 2.38. The van der Waals surface area contributed by atoms with E-state index in [2.05, 4.69) is 5.32 Å². The van der Waals surface area contributed by atoms with Crippen LogP contribution in [-0.4, -0.2) is 35.2 Å². The first-order valence-corrected chi connectivity index (χ1v) is 4.63. The fraction of sp³-hybridized carbons (Fsp3) is 0.778. The van der Waals surface area contributed by atoms with Crippen LogP contribution < -0.4 is 5.32 Å². The molecule has 0 radical (unpaired) electrons. The molecule has 5 nitrogen and oxygen atoms in total. The minimum Gasteiger partial charge on any atom is -0.480 e. The fourth-order valence-electron chi connectivity index (χ4n) is 1.37. The number of carboxylic acids is 1. The molecule has 1 aliphatic rings. The third-order valence-corrected chi connectivity index (χ3v) is 2.42. The Balaban J connectivity index is 2.53. The number of amides is 1. The highest BCUT2D eigenvalue weighted by Crippen LogP contribution is 2.25. The second-order valence-corrected chi connectivity index (χ2v) is 3.72. The van der Waals surface area contributed by atoms with Crippen molar-refractivity contribution in [2.75, 3.05) is 6.61 Å². The molecule has 1 amide bonds. The lowest BCUT2D eigenvalue weighted by molar-refractivity contribution is -0.146. The predicted octanol–water partition coefficient (Wildman–Crippen LogP) is 0.145. The third kappa shape index (κ3) is 2.23. The van der Waals surface area contributed by atoms with E-state index in [1.165, 1.54) is 6.92 Å². The van der Waals surface area contributed by atoms with E-state index in [4.69, 9.17) is 9.84 Å². The molecule has 1 saturated heterocycles. The van der Waals surface area contributed by atoms with Gasteiger partial charge in [-0.2, -0.15) is 0 Å². The van der Waals surface area contributed by atoms with Gasteiger partial charge in [0.1, 0.15) is 11.6 Å². The van der Waals surface area contributed by atoms with Gasteiger partial charge in [0.25, 0.3) is 5.91 Å². The van der Waals surface area contributed by atoms with Crippen molar-refractivity contribution in [3.8, 4) is 0 Å². The van der Waals surface area contributed by atoms with Crippen molar-refractivity contribution in [3.63, 3.8) is 0 Å². The summed E-state index contributed by atoms with van der Waals surface area (Å²) in [5, 5.41) is 11.0. The van der Waals surface area contributed by atoms with Gasteiger partial charge in [0.15, 0.2) is 0 Å². The van der Waals surface area contributed by atoms with Crippen LogP contribution in [0.5, 0.6) is 0 Å². The zero-order valence-electron chi connectivity index (χ0n) is 8.37. The van der Waals surface area contributed by atoms with Crippen LogP contribution in [0.4, 0.5) is 0 Å². The molecule has 0 bridgehead atoms. The van der Waals surface area contributed by atoms with Gasteiger partial charge in [-0.05, 0) is 26.7 Å². The predicted molar refractivity (Wildman–Crippen MR) is 48.8 cm³/mol. The number of carbonyl (C=O) groups is 2. The van der Waals surface area contributed by atoms with Crippen LogP contribution in [0, 0.1) is 0 Å². The number of ether oxygens (including phenoxy) is 1. The average molecular weight is 201 g/mol. The molecule has 1 heterocycles. The van der Waals surface area contributed by atoms with E-state index in [1.807, 2.05) is 0 Å². The average Bonchev–Trinajstić information content (AvgIpc) is 2.53. The van der Waals surface area contributed by atoms with Gasteiger partial charge in [-0.1, -0.05) is 0 Å². The van der Waals surface area contributed by atoms with E-state index in [0.29, 0.717) is 13.0 Å². The van der Waals surface area contributed by atoms with E-state index >= 15 is 0 Å². The molecule has 0 aromatic carbocycles. The number of hydrogen-bond donors (Lipinski definition) is 2. The second-order valence-electron chi connectivity index (χ2n) is 3.72. The van der Waals surface area contributed by atoms with Crippen LogP contribution in [0.25, 0.3) is 0 Å². The number of hydrogen-bond acceptors (Lipinski definition) is 3. The molecule has 2 atom stereocenters. The van der Waals surface area contributed by atoms with Crippen LogP contribution in [0.15, 0.2) is 0 Å². The summed E-state index contributed by atoms with van der Waals surface area (Å²) in [6.07, 6.45) is 1.48. The molecule has 14 heavy (non-hydrogen) atoms. The Bertz CT molecular complexity index is 245. The summed E-state index contributed by atoms with van der Waals surface area (Å²) in [4.78, 5) is 22.1. The molecule has 2 N–H and O–H groups in total. The minimum absolute atomic E-state index is 0.343. The first-order valence-electron chi connectivity index (χ1n) is 4.63. The summed E-state index contributed by atoms with van der Waals surface area (Å²) in [5.41, 5.74) is -0.844. The molecule has 1 rings (SSSR count). The van der Waals surface area contributed by atoms with Crippen molar-refractivity contribution in [1.29, 1.82) is 0 Å². The molecule has 0 spiro atoms. The van der Waals surface area contributed by atoms with Crippen molar-refractivity contribution in [1.82, 2.24) is 5.32 Å². The Morgan fingerprint density at radius 2 is 2.21 bits per heavy atom. The SMILES string of the molecule is CC(NC(=O)C1(C)CCCO1)C(=O)O. The van der Waals surface area contributed by atoms with Crippen molar-refractivity contribution >= 4 is 11.9 Å². The van der Waals surface area contributed by atoms with Gasteiger partial charge >= 0.3 is 5.97 Å². The molecular weight excluding hydrogens is 186 g/mol. The highest BCUT2D eigenvalue weighted by molar-refractivity contribution is 5.89. The molecule has 1 aliphatic heterocycles. The van der Waals surface area contributed by atoms with E-state index in [1.54, 1.807) is 6.92 Å². The zero-order chi connectivity index (χ0) is 10.8. The van der Waals surface area contributed by atoms with E-state index in [9.17, 15) is 9.59 Å². The molecule has 0 saturated carbocycles. The summed E-state index contributed by atoms with van der Waals surface area (Å²) < 4.78 is 5.28. The second kappa shape index (κ2) is 3.96. The van der Waals surface area contributed by atoms with E-state index in [0.717, 1.165) is 6.42 Å². The van der Waals surface area contributed by atoms with Gasteiger partial charge in [-0.15, -0.1) is 0 Å². The van der Waals surface area contributed by atoms with E-state index in [-0.39, 0.29) is 5.91 Å². The lowest BCUT2D eigenvalue weighted by atomic mass is 10.0. The normalized spacial score (nSPS) is 28.4. The quantitative estimate of drug-likeness (QED) is 0.681. The summed E-state index contributed by atoms with van der Waals surface area (Å²) in [7, 11) is 0. The van der Waals surface area contributed by atoms with E-state index < -0.39 is 17.6 Å². The molecular formula is C9H15NO4. The first kappa shape index (κ1) is 11.0. The molecule has 0 aliphatic carbocycles. The summed E-state index contributed by atoms with van der Waals surface area (Å²) in [6.45, 7) is 3.67. The largest absolute Gasteiger partial charge is 0.480 e. The maximum Gasteiger partial charge on any atom is 0.325 e. The Labute approximate surface area is 82.4 Å². The number of rotatable bonds is 3. The summed E-state index contributed by atoms with van der Waals surface area (Å²) >= 11 is 0. The number of carbonyl (C=O) groups excluding carboxylic acids is 1. The van der Waals surface area contributed by atoms with Crippen molar-refractivity contribution < 1.29 is 19.4 Å². The van der Waals surface area contributed by atoms with Crippen LogP contribution >= 0.6 is 0 Å². The summed E-state index contributed by atoms with van der Waals surface area (Å²) in [6, 6.07) is -0.872. The smallest absolute Gasteiger partial charge is 0.325 e. The number of carboxylic acid groups (broad SMARTS) is 1. The molecule has 2 unspecified atom stereocenters. The molecule has 80 valence electrons. The van der Waals surface area contributed by atoms with Crippen LogP contribution in [-0.2, 0) is 14.3 Å². The minimum atomic E-state index is -1.04. The number of aliphatic carboxylic acids is 1. The maximum absolute atomic E-state index is 11.6. The van der Waals surface area contributed by atoms with Gasteiger partial charge in [0, 0.05) is 6.61 Å². The Morgan fingerprint density at radius 1 is 1.57 bits per heavy atom. The van der Waals surface area contributed by atoms with Gasteiger partial charge in [0.05, 0.1) is 0 Å². The standard InChI is InChI=1S/C9H15NO4/c1-6(7(11)12)10-8(13)9(2)4-3-5-14-9/h6H,3-5H2,1-2H3,(H,10,13)(H,11,12). The zero-order valence-corrected chi connectivity index (χ0v) is 8.37. The van der Waals surface area contributed by atoms with Gasteiger partial charge in [-0.25, -0.2) is 0 Å². The topological polar surface area (TPSA) is 75.6 Å². The van der Waals surface area contributed by atoms with Crippen molar-refractivity contribution in [3.05, 3.63) is 0 Å². The first-order chi connectivity index (χ1) is 6.46. The Morgan fingerprint density at radius 3 is 2.64 bits per heavy atom.